The highest BCUT2D eigenvalue weighted by atomic mass is 19.4. The minimum atomic E-state index is -4.20. The van der Waals surface area contributed by atoms with Crippen LogP contribution in [-0.4, -0.2) is 75.0 Å². The lowest BCUT2D eigenvalue weighted by Gasteiger charge is -2.24. The van der Waals surface area contributed by atoms with Crippen LogP contribution in [0.1, 0.15) is 19.8 Å². The molecular weight excluding hydrogens is 421 g/mol. The van der Waals surface area contributed by atoms with Crippen LogP contribution in [0.5, 0.6) is 5.75 Å². The van der Waals surface area contributed by atoms with E-state index in [0.29, 0.717) is 50.8 Å². The molecule has 2 unspecified atom stereocenters. The van der Waals surface area contributed by atoms with E-state index in [1.807, 2.05) is 11.8 Å². The molecule has 1 aromatic rings. The molecule has 0 radical (unpaired) electrons. The van der Waals surface area contributed by atoms with Crippen molar-refractivity contribution in [3.63, 3.8) is 0 Å². The number of benzene rings is 1. The number of hydrogen-bond donors (Lipinski definition) is 2. The lowest BCUT2D eigenvalue weighted by atomic mass is 10.2. The second-order valence-corrected chi connectivity index (χ2v) is 7.73. The first-order chi connectivity index (χ1) is 14.7. The molecular formula is C20H28F5N5O. The summed E-state index contributed by atoms with van der Waals surface area (Å²) in [5, 5.41) is 6.57. The predicted molar refractivity (Wildman–Crippen MR) is 109 cm³/mol. The van der Waals surface area contributed by atoms with E-state index in [4.69, 9.17) is 0 Å². The molecule has 0 bridgehead atoms. The normalized spacial score (nSPS) is 22.9. The second-order valence-electron chi connectivity index (χ2n) is 7.73. The molecule has 0 amide bonds. The van der Waals surface area contributed by atoms with E-state index >= 15 is 0 Å². The van der Waals surface area contributed by atoms with Crippen LogP contribution in [0.3, 0.4) is 0 Å². The molecule has 2 heterocycles. The maximum absolute atomic E-state index is 12.7. The number of likely N-dealkylation sites (tertiary alicyclic amines) is 1. The van der Waals surface area contributed by atoms with Crippen LogP contribution < -0.4 is 20.3 Å². The van der Waals surface area contributed by atoms with Crippen LogP contribution >= 0.6 is 0 Å². The first kappa shape index (κ1) is 23.4. The molecule has 2 saturated heterocycles. The summed E-state index contributed by atoms with van der Waals surface area (Å²) in [7, 11) is 0. The van der Waals surface area contributed by atoms with Gasteiger partial charge >= 0.3 is 12.8 Å². The van der Waals surface area contributed by atoms with Crippen LogP contribution in [0.2, 0.25) is 0 Å². The van der Waals surface area contributed by atoms with Gasteiger partial charge in [-0.15, -0.1) is 0 Å². The van der Waals surface area contributed by atoms with Gasteiger partial charge in [0.05, 0.1) is 12.2 Å². The summed E-state index contributed by atoms with van der Waals surface area (Å²) in [6.07, 6.45) is -2.83. The van der Waals surface area contributed by atoms with Crippen molar-refractivity contribution in [2.45, 2.75) is 44.6 Å². The summed E-state index contributed by atoms with van der Waals surface area (Å²) in [5.41, 5.74) is 0.604. The van der Waals surface area contributed by atoms with E-state index in [2.05, 4.69) is 20.4 Å². The van der Waals surface area contributed by atoms with Gasteiger partial charge in [-0.1, -0.05) is 12.1 Å². The van der Waals surface area contributed by atoms with Crippen LogP contribution in [0.25, 0.3) is 0 Å². The number of hydrogen-bond acceptors (Lipinski definition) is 4. The summed E-state index contributed by atoms with van der Waals surface area (Å²) in [5.74, 6) is 0.694. The van der Waals surface area contributed by atoms with Crippen LogP contribution in [0.4, 0.5) is 27.6 Å². The quantitative estimate of drug-likeness (QED) is 0.381. The third-order valence-electron chi connectivity index (χ3n) is 5.28. The molecule has 0 aromatic heterocycles. The van der Waals surface area contributed by atoms with Gasteiger partial charge in [-0.25, -0.2) is 0 Å². The number of anilines is 1. The highest BCUT2D eigenvalue weighted by Crippen LogP contribution is 2.31. The zero-order chi connectivity index (χ0) is 22.4. The standard InChI is InChI=1S/C20H28F5N5O/c1-2-26-19(27-14-7-9-29(11-14)13-20(23,24)25)28-15-8-10-30(12-15)16-5-3-4-6-17(16)31-18(21)22/h3-6,14-15,18H,2,7-13H2,1H3,(H2,26,27,28). The first-order valence-electron chi connectivity index (χ1n) is 10.4. The number of guanidine groups is 1. The number of ether oxygens (including phenoxy) is 1. The van der Waals surface area contributed by atoms with Gasteiger partial charge in [0.25, 0.3) is 0 Å². The Morgan fingerprint density at radius 1 is 1.13 bits per heavy atom. The molecule has 2 aliphatic rings. The summed E-state index contributed by atoms with van der Waals surface area (Å²) >= 11 is 0. The molecule has 6 nitrogen and oxygen atoms in total. The Hall–Kier alpha value is -2.30. The van der Waals surface area contributed by atoms with Crippen molar-refractivity contribution >= 4 is 11.6 Å². The minimum Gasteiger partial charge on any atom is -0.433 e. The Bertz CT molecular complexity index is 745. The fourth-order valence-corrected chi connectivity index (χ4v) is 4.04. The smallest absolute Gasteiger partial charge is 0.401 e. The lowest BCUT2D eigenvalue weighted by Crippen LogP contribution is -2.49. The number of aliphatic imine (C=N–C) groups is 1. The van der Waals surface area contributed by atoms with Gasteiger partial charge in [0.15, 0.2) is 5.96 Å². The second kappa shape index (κ2) is 10.3. The van der Waals surface area contributed by atoms with E-state index < -0.39 is 19.3 Å². The van der Waals surface area contributed by atoms with Crippen LogP contribution in [-0.2, 0) is 0 Å². The van der Waals surface area contributed by atoms with Gasteiger partial charge in [-0.2, -0.15) is 22.0 Å². The van der Waals surface area contributed by atoms with E-state index in [1.165, 1.54) is 11.0 Å². The zero-order valence-corrected chi connectivity index (χ0v) is 17.3. The van der Waals surface area contributed by atoms with Gasteiger partial charge in [0, 0.05) is 44.8 Å². The van der Waals surface area contributed by atoms with Crippen molar-refractivity contribution in [2.75, 3.05) is 44.2 Å². The average molecular weight is 449 g/mol. The number of alkyl halides is 5. The molecule has 0 saturated carbocycles. The number of halogens is 5. The Morgan fingerprint density at radius 2 is 1.81 bits per heavy atom. The monoisotopic (exact) mass is 449 g/mol. The molecule has 2 aliphatic heterocycles. The van der Waals surface area contributed by atoms with Crippen molar-refractivity contribution in [2.24, 2.45) is 4.99 Å². The fraction of sp³-hybridized carbons (Fsp3) is 0.650. The maximum atomic E-state index is 12.7. The van der Waals surface area contributed by atoms with Gasteiger partial charge in [-0.3, -0.25) is 9.89 Å². The van der Waals surface area contributed by atoms with E-state index in [1.54, 1.807) is 18.2 Å². The molecule has 11 heteroatoms. The minimum absolute atomic E-state index is 0.0186. The summed E-state index contributed by atoms with van der Waals surface area (Å²) in [6.45, 7) is 0.517. The Morgan fingerprint density at radius 3 is 2.48 bits per heavy atom. The van der Waals surface area contributed by atoms with E-state index in [0.717, 1.165) is 6.42 Å². The summed E-state index contributed by atoms with van der Waals surface area (Å²) in [4.78, 5) is 7.78. The maximum Gasteiger partial charge on any atom is 0.401 e. The van der Waals surface area contributed by atoms with Gasteiger partial charge in [0.2, 0.25) is 0 Å². The summed E-state index contributed by atoms with van der Waals surface area (Å²) in [6, 6.07) is 6.58. The topological polar surface area (TPSA) is 52.1 Å². The average Bonchev–Trinajstić information content (AvgIpc) is 3.30. The highest BCUT2D eigenvalue weighted by Gasteiger charge is 2.35. The van der Waals surface area contributed by atoms with Crippen LogP contribution in [0.15, 0.2) is 29.3 Å². The van der Waals surface area contributed by atoms with E-state index in [-0.39, 0.29) is 17.8 Å². The van der Waals surface area contributed by atoms with Crippen molar-refractivity contribution in [3.8, 4) is 5.75 Å². The third kappa shape index (κ3) is 7.12. The molecule has 0 aliphatic carbocycles. The molecule has 31 heavy (non-hydrogen) atoms. The van der Waals surface area contributed by atoms with Crippen molar-refractivity contribution < 1.29 is 26.7 Å². The molecule has 174 valence electrons. The van der Waals surface area contributed by atoms with Crippen molar-refractivity contribution in [1.82, 2.24) is 15.5 Å². The Balaban J connectivity index is 1.55. The molecule has 1 aromatic carbocycles. The van der Waals surface area contributed by atoms with Gasteiger partial charge in [-0.05, 0) is 31.9 Å². The van der Waals surface area contributed by atoms with Gasteiger partial charge in [0.1, 0.15) is 5.75 Å². The largest absolute Gasteiger partial charge is 0.433 e. The highest BCUT2D eigenvalue weighted by molar-refractivity contribution is 5.80. The fourth-order valence-electron chi connectivity index (χ4n) is 4.04. The molecule has 2 N–H and O–H groups in total. The van der Waals surface area contributed by atoms with E-state index in [9.17, 15) is 22.0 Å². The Kier molecular flexibility index (Phi) is 7.79. The lowest BCUT2D eigenvalue weighted by molar-refractivity contribution is -0.143. The molecule has 2 fully saturated rings. The predicted octanol–water partition coefficient (Wildman–Crippen LogP) is 3.06. The molecule has 2 atom stereocenters. The number of nitrogens with zero attached hydrogens (tertiary/aromatic N) is 3. The van der Waals surface area contributed by atoms with Gasteiger partial charge < -0.3 is 20.3 Å². The zero-order valence-electron chi connectivity index (χ0n) is 17.3. The molecule has 0 spiro atoms. The molecule has 3 rings (SSSR count). The number of rotatable bonds is 7. The number of nitrogens with one attached hydrogen (secondary N) is 2. The number of para-hydroxylation sites is 2. The van der Waals surface area contributed by atoms with Crippen molar-refractivity contribution in [3.05, 3.63) is 24.3 Å². The SMILES string of the molecule is CCN=C(NC1CCN(CC(F)(F)F)C1)NC1CCN(c2ccccc2OC(F)F)C1. The Labute approximate surface area is 178 Å². The third-order valence-corrected chi connectivity index (χ3v) is 5.28. The summed E-state index contributed by atoms with van der Waals surface area (Å²) < 4.78 is 67.8. The van der Waals surface area contributed by atoms with Crippen molar-refractivity contribution in [1.29, 1.82) is 0 Å². The first-order valence-corrected chi connectivity index (χ1v) is 10.4. The van der Waals surface area contributed by atoms with Crippen LogP contribution in [0, 0.1) is 0 Å².